The van der Waals surface area contributed by atoms with Crippen LogP contribution in [-0.4, -0.2) is 25.4 Å². The van der Waals surface area contributed by atoms with Crippen LogP contribution >= 0.6 is 0 Å². The van der Waals surface area contributed by atoms with Crippen LogP contribution in [0, 0.1) is 23.7 Å². The van der Waals surface area contributed by atoms with Gasteiger partial charge in [0, 0.05) is 13.2 Å². The molecule has 0 saturated heterocycles. The van der Waals surface area contributed by atoms with Gasteiger partial charge in [-0.2, -0.15) is 0 Å². The fourth-order valence-electron chi connectivity index (χ4n) is 2.38. The van der Waals surface area contributed by atoms with E-state index >= 15 is 0 Å². The van der Waals surface area contributed by atoms with Crippen molar-refractivity contribution >= 4 is 0 Å². The Balaban J connectivity index is 2.37. The predicted octanol–water partition coefficient (Wildman–Crippen LogP) is 4.92. The van der Waals surface area contributed by atoms with E-state index in [-0.39, 0.29) is 0 Å². The lowest BCUT2D eigenvalue weighted by Crippen LogP contribution is -2.37. The molecule has 1 aliphatic rings. The lowest BCUT2D eigenvalue weighted by atomic mass is 9.93. The highest BCUT2D eigenvalue weighted by molar-refractivity contribution is 4.77. The highest BCUT2D eigenvalue weighted by atomic mass is 16.5. The second kappa shape index (κ2) is 9.04. The average molecular weight is 284 g/mol. The molecule has 0 amide bonds. The normalized spacial score (nSPS) is 27.0. The first-order valence-electron chi connectivity index (χ1n) is 8.65. The van der Waals surface area contributed by atoms with E-state index in [2.05, 4.69) is 41.5 Å². The molecule has 0 bridgehead atoms. The Bertz CT molecular complexity index is 224. The van der Waals surface area contributed by atoms with Crippen molar-refractivity contribution in [2.45, 2.75) is 79.4 Å². The lowest BCUT2D eigenvalue weighted by molar-refractivity contribution is -0.108. The number of rotatable bonds is 8. The SMILES string of the molecule is CC(C)C(C)COC1CCCCC1OCC(C)C(C)C. The maximum atomic E-state index is 6.19. The summed E-state index contributed by atoms with van der Waals surface area (Å²) >= 11 is 0. The summed E-state index contributed by atoms with van der Waals surface area (Å²) in [7, 11) is 0. The molecule has 1 rings (SSSR count). The summed E-state index contributed by atoms with van der Waals surface area (Å²) in [6, 6.07) is 0. The minimum absolute atomic E-state index is 0.323. The zero-order chi connectivity index (χ0) is 15.1. The Morgan fingerprint density at radius 1 is 0.700 bits per heavy atom. The van der Waals surface area contributed by atoms with E-state index in [1.165, 1.54) is 25.7 Å². The minimum Gasteiger partial charge on any atom is -0.375 e. The van der Waals surface area contributed by atoms with Crippen molar-refractivity contribution in [1.29, 1.82) is 0 Å². The first-order valence-corrected chi connectivity index (χ1v) is 8.65. The smallest absolute Gasteiger partial charge is 0.0836 e. The maximum absolute atomic E-state index is 6.19. The van der Waals surface area contributed by atoms with Crippen molar-refractivity contribution in [3.8, 4) is 0 Å². The average Bonchev–Trinajstić information content (AvgIpc) is 2.42. The van der Waals surface area contributed by atoms with Gasteiger partial charge in [0.25, 0.3) is 0 Å². The molecule has 2 heteroatoms. The summed E-state index contributed by atoms with van der Waals surface area (Å²) in [5.74, 6) is 2.65. The molecule has 1 aliphatic carbocycles. The second-order valence-electron chi connectivity index (χ2n) is 7.47. The summed E-state index contributed by atoms with van der Waals surface area (Å²) in [5.41, 5.74) is 0. The predicted molar refractivity (Wildman–Crippen MR) is 86.0 cm³/mol. The fourth-order valence-corrected chi connectivity index (χ4v) is 2.38. The molecule has 0 aromatic heterocycles. The van der Waals surface area contributed by atoms with Crippen molar-refractivity contribution in [1.82, 2.24) is 0 Å². The molecule has 4 unspecified atom stereocenters. The lowest BCUT2D eigenvalue weighted by Gasteiger charge is -2.33. The van der Waals surface area contributed by atoms with Crippen molar-refractivity contribution < 1.29 is 9.47 Å². The standard InChI is InChI=1S/C18H36O2/c1-13(2)15(5)11-19-17-9-7-8-10-18(17)20-12-16(6)14(3)4/h13-18H,7-12H2,1-6H3. The quantitative estimate of drug-likeness (QED) is 0.630. The van der Waals surface area contributed by atoms with Gasteiger partial charge >= 0.3 is 0 Å². The summed E-state index contributed by atoms with van der Waals surface area (Å²) in [5, 5.41) is 0. The van der Waals surface area contributed by atoms with Crippen molar-refractivity contribution in [2.75, 3.05) is 13.2 Å². The molecule has 1 saturated carbocycles. The topological polar surface area (TPSA) is 18.5 Å². The van der Waals surface area contributed by atoms with Crippen LogP contribution in [0.1, 0.15) is 67.2 Å². The molecular formula is C18H36O2. The van der Waals surface area contributed by atoms with Crippen LogP contribution in [0.15, 0.2) is 0 Å². The Morgan fingerprint density at radius 2 is 1.05 bits per heavy atom. The molecule has 0 N–H and O–H groups in total. The molecule has 0 spiro atoms. The van der Waals surface area contributed by atoms with Crippen LogP contribution in [0.3, 0.4) is 0 Å². The van der Waals surface area contributed by atoms with Gasteiger partial charge in [-0.15, -0.1) is 0 Å². The second-order valence-corrected chi connectivity index (χ2v) is 7.47. The summed E-state index contributed by atoms with van der Waals surface area (Å²) < 4.78 is 12.4. The molecule has 2 nitrogen and oxygen atoms in total. The molecule has 0 aromatic rings. The van der Waals surface area contributed by atoms with E-state index in [1.54, 1.807) is 0 Å². The summed E-state index contributed by atoms with van der Waals surface area (Å²) in [4.78, 5) is 0. The van der Waals surface area contributed by atoms with E-state index < -0.39 is 0 Å². The zero-order valence-corrected chi connectivity index (χ0v) is 14.5. The summed E-state index contributed by atoms with van der Waals surface area (Å²) in [6.07, 6.45) is 5.58. The van der Waals surface area contributed by atoms with Crippen molar-refractivity contribution in [3.63, 3.8) is 0 Å². The monoisotopic (exact) mass is 284 g/mol. The van der Waals surface area contributed by atoms with Gasteiger partial charge in [0.15, 0.2) is 0 Å². The summed E-state index contributed by atoms with van der Waals surface area (Å²) in [6.45, 7) is 15.4. The Labute approximate surface area is 126 Å². The molecule has 4 atom stereocenters. The zero-order valence-electron chi connectivity index (χ0n) is 14.5. The third-order valence-corrected chi connectivity index (χ3v) is 5.06. The van der Waals surface area contributed by atoms with Crippen molar-refractivity contribution in [3.05, 3.63) is 0 Å². The van der Waals surface area contributed by atoms with Crippen LogP contribution in [0.25, 0.3) is 0 Å². The first kappa shape index (κ1) is 18.0. The highest BCUT2D eigenvalue weighted by Crippen LogP contribution is 2.26. The van der Waals surface area contributed by atoms with Gasteiger partial charge in [-0.3, -0.25) is 0 Å². The van der Waals surface area contributed by atoms with Gasteiger partial charge < -0.3 is 9.47 Å². The van der Waals surface area contributed by atoms with E-state index in [4.69, 9.17) is 9.47 Å². The van der Waals surface area contributed by atoms with Crippen molar-refractivity contribution in [2.24, 2.45) is 23.7 Å². The van der Waals surface area contributed by atoms with E-state index in [1.807, 2.05) is 0 Å². The van der Waals surface area contributed by atoms with Crippen LogP contribution in [0.2, 0.25) is 0 Å². The van der Waals surface area contributed by atoms with Crippen LogP contribution in [0.4, 0.5) is 0 Å². The van der Waals surface area contributed by atoms with Gasteiger partial charge in [0.05, 0.1) is 12.2 Å². The molecule has 120 valence electrons. The molecule has 1 fully saturated rings. The van der Waals surface area contributed by atoms with Crippen LogP contribution in [0.5, 0.6) is 0 Å². The molecular weight excluding hydrogens is 248 g/mol. The fraction of sp³-hybridized carbons (Fsp3) is 1.00. The van der Waals surface area contributed by atoms with Crippen LogP contribution in [-0.2, 0) is 9.47 Å². The van der Waals surface area contributed by atoms with Gasteiger partial charge in [0.1, 0.15) is 0 Å². The van der Waals surface area contributed by atoms with Gasteiger partial charge in [0.2, 0.25) is 0 Å². The third kappa shape index (κ3) is 6.13. The number of hydrogen-bond acceptors (Lipinski definition) is 2. The Hall–Kier alpha value is -0.0800. The molecule has 20 heavy (non-hydrogen) atoms. The van der Waals surface area contributed by atoms with Gasteiger partial charge in [-0.25, -0.2) is 0 Å². The van der Waals surface area contributed by atoms with Crippen LogP contribution < -0.4 is 0 Å². The van der Waals surface area contributed by atoms with E-state index in [0.717, 1.165) is 13.2 Å². The molecule has 0 aliphatic heterocycles. The molecule has 0 radical (unpaired) electrons. The van der Waals surface area contributed by atoms with E-state index in [0.29, 0.717) is 35.9 Å². The van der Waals surface area contributed by atoms with Gasteiger partial charge in [-0.05, 0) is 36.5 Å². The number of hydrogen-bond donors (Lipinski definition) is 0. The first-order chi connectivity index (χ1) is 9.41. The third-order valence-electron chi connectivity index (χ3n) is 5.06. The number of ether oxygens (including phenoxy) is 2. The largest absolute Gasteiger partial charge is 0.375 e. The molecule has 0 aromatic carbocycles. The minimum atomic E-state index is 0.323. The molecule has 0 heterocycles. The highest BCUT2D eigenvalue weighted by Gasteiger charge is 2.27. The maximum Gasteiger partial charge on any atom is 0.0836 e. The Morgan fingerprint density at radius 3 is 1.35 bits per heavy atom. The van der Waals surface area contributed by atoms with E-state index in [9.17, 15) is 0 Å². The van der Waals surface area contributed by atoms with Gasteiger partial charge in [-0.1, -0.05) is 54.4 Å². The Kier molecular flexibility index (Phi) is 8.13.